The van der Waals surface area contributed by atoms with Crippen LogP contribution < -0.4 is 16.4 Å². The highest BCUT2D eigenvalue weighted by atomic mass is 32.2. The fourth-order valence-corrected chi connectivity index (χ4v) is 3.32. The van der Waals surface area contributed by atoms with Crippen LogP contribution in [0.4, 0.5) is 5.69 Å². The lowest BCUT2D eigenvalue weighted by Gasteiger charge is -2.46. The smallest absolute Gasteiger partial charge is 0.311 e. The summed E-state index contributed by atoms with van der Waals surface area (Å²) in [7, 11) is -1.92. The number of quaternary nitrogens is 1. The van der Waals surface area contributed by atoms with Gasteiger partial charge < -0.3 is 5.32 Å². The second-order valence-electron chi connectivity index (χ2n) is 5.60. The van der Waals surface area contributed by atoms with Crippen molar-refractivity contribution in [3.8, 4) is 0 Å². The molecule has 118 valence electrons. The Bertz CT molecular complexity index is 566. The van der Waals surface area contributed by atoms with Gasteiger partial charge in [0.25, 0.3) is 0 Å². The van der Waals surface area contributed by atoms with Gasteiger partial charge in [-0.2, -0.15) is 8.42 Å². The van der Waals surface area contributed by atoms with Crippen molar-refractivity contribution in [2.45, 2.75) is 31.8 Å². The Kier molecular flexibility index (Phi) is 4.54. The molecule has 8 heteroatoms. The maximum atomic E-state index is 11.4. The van der Waals surface area contributed by atoms with E-state index >= 15 is 0 Å². The van der Waals surface area contributed by atoms with E-state index in [9.17, 15) is 8.42 Å². The van der Waals surface area contributed by atoms with E-state index in [1.54, 1.807) is 7.05 Å². The topological polar surface area (TPSA) is 93.4 Å². The zero-order valence-electron chi connectivity index (χ0n) is 12.5. The molecule has 1 aromatic rings. The van der Waals surface area contributed by atoms with Gasteiger partial charge in [0, 0.05) is 12.1 Å². The lowest BCUT2D eigenvalue weighted by Crippen LogP contribution is -2.73. The summed E-state index contributed by atoms with van der Waals surface area (Å²) in [6, 6.07) is 9.68. The highest BCUT2D eigenvalue weighted by molar-refractivity contribution is 7.85. The van der Waals surface area contributed by atoms with Crippen LogP contribution in [0.15, 0.2) is 30.3 Å². The third kappa shape index (κ3) is 3.92. The summed E-state index contributed by atoms with van der Waals surface area (Å²) in [5.41, 5.74) is 7.07. The van der Waals surface area contributed by atoms with Crippen molar-refractivity contribution in [2.75, 3.05) is 18.6 Å². The van der Waals surface area contributed by atoms with Crippen molar-refractivity contribution < 1.29 is 17.3 Å². The Labute approximate surface area is 125 Å². The van der Waals surface area contributed by atoms with Gasteiger partial charge in [0.05, 0.1) is 12.4 Å². The first kappa shape index (κ1) is 16.2. The van der Waals surface area contributed by atoms with Crippen LogP contribution in [0.3, 0.4) is 0 Å². The van der Waals surface area contributed by atoms with Crippen molar-refractivity contribution >= 4 is 15.8 Å². The summed E-state index contributed by atoms with van der Waals surface area (Å²) in [5, 5.41) is 6.49. The monoisotopic (exact) mass is 315 g/mol. The first-order valence-electron chi connectivity index (χ1n) is 6.81. The summed E-state index contributed by atoms with van der Waals surface area (Å²) in [5.74, 6) is 0. The largest absolute Gasteiger partial charge is 0.369 e. The van der Waals surface area contributed by atoms with Gasteiger partial charge >= 0.3 is 10.1 Å². The van der Waals surface area contributed by atoms with Gasteiger partial charge in [-0.25, -0.2) is 5.32 Å². The lowest BCUT2D eigenvalue weighted by molar-refractivity contribution is -1.11. The van der Waals surface area contributed by atoms with Crippen LogP contribution in [0.2, 0.25) is 0 Å². The highest BCUT2D eigenvalue weighted by Gasteiger charge is 2.47. The molecule has 1 aromatic carbocycles. The van der Waals surface area contributed by atoms with Crippen LogP contribution in [-0.2, 0) is 14.4 Å². The molecule has 1 fully saturated rings. The highest BCUT2D eigenvalue weighted by Crippen LogP contribution is 2.25. The van der Waals surface area contributed by atoms with Crippen molar-refractivity contribution in [1.82, 2.24) is 5.32 Å². The van der Waals surface area contributed by atoms with Crippen molar-refractivity contribution in [3.05, 3.63) is 30.3 Å². The Hall–Kier alpha value is -1.19. The van der Waals surface area contributed by atoms with Gasteiger partial charge in [-0.15, -0.1) is 4.65 Å². The number of rotatable bonds is 4. The molecule has 0 aromatic heterocycles. The minimum Gasteiger partial charge on any atom is -0.369 e. The molecule has 0 aliphatic carbocycles. The first-order valence-corrected chi connectivity index (χ1v) is 8.62. The number of hydrogen-bond donors (Lipinski definition) is 3. The third-order valence-electron chi connectivity index (χ3n) is 3.79. The molecule has 0 saturated carbocycles. The number of hydroxylamine groups is 3. The fraction of sp³-hybridized carbons (Fsp3) is 0.538. The van der Waals surface area contributed by atoms with E-state index in [2.05, 4.69) is 10.6 Å². The number of benzene rings is 1. The average molecular weight is 315 g/mol. The molecule has 4 atom stereocenters. The van der Waals surface area contributed by atoms with Gasteiger partial charge in [-0.1, -0.05) is 22.5 Å². The van der Waals surface area contributed by atoms with E-state index < -0.39 is 16.4 Å². The molecular formula is C13H23N4O3S+. The van der Waals surface area contributed by atoms with Gasteiger partial charge in [0.2, 0.25) is 6.29 Å². The van der Waals surface area contributed by atoms with Crippen molar-refractivity contribution in [2.24, 2.45) is 5.73 Å². The van der Waals surface area contributed by atoms with Crippen molar-refractivity contribution in [1.29, 1.82) is 0 Å². The number of anilines is 1. The first-order chi connectivity index (χ1) is 9.71. The molecule has 4 unspecified atom stereocenters. The van der Waals surface area contributed by atoms with E-state index in [1.165, 1.54) is 0 Å². The van der Waals surface area contributed by atoms with Gasteiger partial charge in [0.15, 0.2) is 0 Å². The number of nitrogens with one attached hydrogen (secondary N) is 2. The molecule has 4 N–H and O–H groups in total. The number of hydrogen-bond acceptors (Lipinski definition) is 6. The molecule has 21 heavy (non-hydrogen) atoms. The molecule has 1 aliphatic rings. The predicted molar refractivity (Wildman–Crippen MR) is 81.2 cm³/mol. The fourth-order valence-electron chi connectivity index (χ4n) is 2.49. The molecule has 0 amide bonds. The van der Waals surface area contributed by atoms with Crippen LogP contribution in [0.25, 0.3) is 0 Å². The second-order valence-corrected chi connectivity index (χ2v) is 7.15. The maximum absolute atomic E-state index is 11.4. The average Bonchev–Trinajstić information content (AvgIpc) is 2.36. The molecule has 0 bridgehead atoms. The van der Waals surface area contributed by atoms with Crippen LogP contribution in [0.1, 0.15) is 13.3 Å². The summed E-state index contributed by atoms with van der Waals surface area (Å²) in [6.07, 6.45) is 1.01. The van der Waals surface area contributed by atoms with E-state index in [4.69, 9.17) is 10.0 Å². The number of nitrogens with two attached hydrogens (primary N) is 1. The van der Waals surface area contributed by atoms with Crippen molar-refractivity contribution in [3.63, 3.8) is 0 Å². The predicted octanol–water partition coefficient (Wildman–Crippen LogP) is 0.387. The molecule has 2 rings (SSSR count). The molecule has 1 saturated heterocycles. The normalized spacial score (nSPS) is 33.6. The van der Waals surface area contributed by atoms with E-state index in [-0.39, 0.29) is 16.9 Å². The summed E-state index contributed by atoms with van der Waals surface area (Å²) in [6.45, 7) is 1.92. The zero-order valence-corrected chi connectivity index (χ0v) is 13.3. The standard InChI is InChI=1S/C13H23N4O3S/c1-10-9-12(15-11-7-5-4-6-8-11)16-13(14)17(10,2)20-21(3,18)19/h4-8,10,12-13,15-16H,9,14H2,1-3H3/q+1. The van der Waals surface area contributed by atoms with Crippen LogP contribution in [0, 0.1) is 0 Å². The van der Waals surface area contributed by atoms with E-state index in [1.807, 2.05) is 37.3 Å². The van der Waals surface area contributed by atoms with E-state index in [0.717, 1.165) is 11.9 Å². The van der Waals surface area contributed by atoms with E-state index in [0.29, 0.717) is 6.42 Å². The van der Waals surface area contributed by atoms with Gasteiger partial charge in [-0.05, 0) is 19.1 Å². The summed E-state index contributed by atoms with van der Waals surface area (Å²) < 4.78 is 27.8. The van der Waals surface area contributed by atoms with Gasteiger partial charge in [0.1, 0.15) is 13.1 Å². The Balaban J connectivity index is 2.08. The van der Waals surface area contributed by atoms with Crippen LogP contribution in [-0.4, -0.2) is 44.9 Å². The molecule has 1 heterocycles. The molecular weight excluding hydrogens is 292 g/mol. The maximum Gasteiger partial charge on any atom is 0.311 e. The minimum absolute atomic E-state index is 0.0493. The Morgan fingerprint density at radius 2 is 2.00 bits per heavy atom. The molecule has 7 nitrogen and oxygen atoms in total. The quantitative estimate of drug-likeness (QED) is 0.696. The number of para-hydroxylation sites is 1. The molecule has 1 aliphatic heterocycles. The SMILES string of the molecule is CC1CC(Nc2ccccc2)NC(N)[N+]1(C)OS(C)(=O)=O. The molecule has 0 spiro atoms. The summed E-state index contributed by atoms with van der Waals surface area (Å²) >= 11 is 0. The van der Waals surface area contributed by atoms with Crippen LogP contribution >= 0.6 is 0 Å². The zero-order chi connectivity index (χ0) is 15.7. The lowest BCUT2D eigenvalue weighted by atomic mass is 10.1. The van der Waals surface area contributed by atoms with Gasteiger partial charge in [-0.3, -0.25) is 5.73 Å². The third-order valence-corrected chi connectivity index (χ3v) is 4.38. The second kappa shape index (κ2) is 5.90. The Morgan fingerprint density at radius 1 is 1.38 bits per heavy atom. The minimum atomic E-state index is -3.59. The summed E-state index contributed by atoms with van der Waals surface area (Å²) in [4.78, 5) is 0. The van der Waals surface area contributed by atoms with Crippen LogP contribution in [0.5, 0.6) is 0 Å². The Morgan fingerprint density at radius 3 is 2.52 bits per heavy atom. The number of nitrogens with zero attached hydrogens (tertiary/aromatic N) is 1. The molecule has 0 radical (unpaired) electrons.